The van der Waals surface area contributed by atoms with Gasteiger partial charge < -0.3 is 15.3 Å². The lowest BCUT2D eigenvalue weighted by Crippen LogP contribution is -2.22. The molecule has 0 amide bonds. The van der Waals surface area contributed by atoms with E-state index in [0.717, 1.165) is 32.1 Å². The first-order valence-electron chi connectivity index (χ1n) is 16.5. The summed E-state index contributed by atoms with van der Waals surface area (Å²) in [6.45, 7) is 7.07. The molecule has 54 heavy (non-hydrogen) atoms. The topological polar surface area (TPSA) is 199 Å². The first kappa shape index (κ1) is 50.1. The molecule has 0 saturated heterocycles. The van der Waals surface area contributed by atoms with E-state index >= 15 is 0 Å². The van der Waals surface area contributed by atoms with Gasteiger partial charge in [-0.1, -0.05) is 122 Å². The van der Waals surface area contributed by atoms with E-state index in [1.807, 2.05) is 6.92 Å². The second-order valence-electron chi connectivity index (χ2n) is 12.0. The summed E-state index contributed by atoms with van der Waals surface area (Å²) in [4.78, 5) is 0. The van der Waals surface area contributed by atoms with Gasteiger partial charge in [-0.15, -0.1) is 0 Å². The third-order valence-corrected chi connectivity index (χ3v) is 13.0. The van der Waals surface area contributed by atoms with Crippen molar-refractivity contribution in [2.45, 2.75) is 84.3 Å². The number of hydrogen-bond donors (Lipinski definition) is 6. The lowest BCUT2D eigenvalue weighted by molar-refractivity contribution is 0.477. The predicted octanol–water partition coefficient (Wildman–Crippen LogP) is 10.9. The van der Waals surface area contributed by atoms with Crippen LogP contribution in [-0.2, 0) is 30.1 Å². The van der Waals surface area contributed by atoms with Gasteiger partial charge in [0.25, 0.3) is 0 Å². The van der Waals surface area contributed by atoms with E-state index in [1.165, 1.54) is 56.7 Å². The van der Waals surface area contributed by atoms with Crippen molar-refractivity contribution in [3.63, 3.8) is 0 Å². The summed E-state index contributed by atoms with van der Waals surface area (Å²) in [5, 5.41) is 29.0. The predicted molar refractivity (Wildman–Crippen MR) is 225 cm³/mol. The van der Waals surface area contributed by atoms with Gasteiger partial charge in [-0.05, 0) is 63.1 Å². The molecule has 0 bridgehead atoms. The molecule has 0 radical (unpaired) electrons. The van der Waals surface area contributed by atoms with Crippen LogP contribution in [0.15, 0.2) is 36.4 Å². The molecule has 0 atom stereocenters. The van der Waals surface area contributed by atoms with Gasteiger partial charge in [0.1, 0.15) is 0 Å². The number of nitrogens with one attached hydrogen (secondary N) is 3. The Morgan fingerprint density at radius 2 is 0.815 bits per heavy atom. The highest BCUT2D eigenvalue weighted by molar-refractivity contribution is 7.93. The number of hydrogen-bond acceptors (Lipinski definition) is 9. The largest absolute Gasteiger partial charge is 0.504 e. The molecule has 0 fully saturated rings. The minimum Gasteiger partial charge on any atom is -0.504 e. The van der Waals surface area contributed by atoms with Crippen LogP contribution in [0.1, 0.15) is 79.1 Å². The molecule has 0 unspecified atom stereocenters. The molecule has 0 heterocycles. The van der Waals surface area contributed by atoms with Gasteiger partial charge in [0, 0.05) is 15.1 Å². The zero-order valence-corrected chi connectivity index (χ0v) is 36.9. The highest BCUT2D eigenvalue weighted by Crippen LogP contribution is 2.37. The molecule has 0 aliphatic rings. The smallest absolute Gasteiger partial charge is 0.235 e. The van der Waals surface area contributed by atoms with Crippen LogP contribution >= 0.6 is 69.6 Å². The number of halogens is 6. The average molecular weight is 937 g/mol. The number of benzene rings is 3. The molecule has 306 valence electrons. The molecule has 0 aliphatic heterocycles. The van der Waals surface area contributed by atoms with E-state index in [1.54, 1.807) is 0 Å². The molecule has 3 aromatic carbocycles. The van der Waals surface area contributed by atoms with Gasteiger partial charge in [0.15, 0.2) is 17.2 Å². The number of unbranched alkanes of at least 4 members (excludes halogenated alkanes) is 6. The van der Waals surface area contributed by atoms with Crippen molar-refractivity contribution >= 4 is 117 Å². The minimum absolute atomic E-state index is 0.00129. The number of phenolic OH excluding ortho intramolecular Hbond substituents is 3. The van der Waals surface area contributed by atoms with Crippen molar-refractivity contribution in [1.82, 2.24) is 0 Å². The standard InChI is InChI=1S/C14H21Cl2NO3S.C10H13Cl2NO3S.C9H11Cl2NO3S/c1-2-3-4-5-6-7-8-21(19,20)17-13-10-11(15)9-12(16)14(13)18;1-2-3-4-17(15,16)13-9-6-7(11)5-8(12)10(9)14;1-5(2)16(14,15)12-8-4-6(10)3-7(11)9(8)13/h9-10,17-18H,2-8H2,1H3;5-6,13-14H,2-4H2,1H3;3-5,12-13H,1-2H3. The van der Waals surface area contributed by atoms with Crippen molar-refractivity contribution < 1.29 is 40.6 Å². The minimum atomic E-state index is -3.53. The zero-order chi connectivity index (χ0) is 41.4. The maximum atomic E-state index is 12.0. The highest BCUT2D eigenvalue weighted by Gasteiger charge is 2.19. The summed E-state index contributed by atoms with van der Waals surface area (Å²) in [7, 11) is -10.5. The van der Waals surface area contributed by atoms with E-state index in [0.29, 0.717) is 12.8 Å². The van der Waals surface area contributed by atoms with Gasteiger partial charge in [0.05, 0.1) is 48.9 Å². The van der Waals surface area contributed by atoms with Crippen LogP contribution in [0.3, 0.4) is 0 Å². The van der Waals surface area contributed by atoms with Gasteiger partial charge in [0.2, 0.25) is 30.1 Å². The first-order valence-corrected chi connectivity index (χ1v) is 23.6. The molecule has 21 heteroatoms. The van der Waals surface area contributed by atoms with Crippen LogP contribution < -0.4 is 14.2 Å². The van der Waals surface area contributed by atoms with Crippen molar-refractivity contribution in [2.24, 2.45) is 0 Å². The zero-order valence-electron chi connectivity index (χ0n) is 29.9. The molecule has 6 N–H and O–H groups in total. The normalized spacial score (nSPS) is 11.6. The number of sulfonamides is 3. The van der Waals surface area contributed by atoms with Gasteiger partial charge in [-0.2, -0.15) is 0 Å². The summed E-state index contributed by atoms with van der Waals surface area (Å²) >= 11 is 34.3. The number of phenols is 3. The highest BCUT2D eigenvalue weighted by atomic mass is 35.5. The SMILES string of the molecule is CC(C)S(=O)(=O)Nc1cc(Cl)cc(Cl)c1O.CCCCCCCCS(=O)(=O)Nc1cc(Cl)cc(Cl)c1O.CCCCS(=O)(=O)Nc1cc(Cl)cc(Cl)c1O. The molecule has 0 aromatic heterocycles. The Morgan fingerprint density at radius 3 is 1.17 bits per heavy atom. The lowest BCUT2D eigenvalue weighted by Gasteiger charge is -2.12. The third-order valence-electron chi connectivity index (χ3n) is 7.02. The van der Waals surface area contributed by atoms with Crippen LogP contribution in [0.4, 0.5) is 17.1 Å². The fraction of sp³-hybridized carbons (Fsp3) is 0.455. The quantitative estimate of drug-likeness (QED) is 0.0563. The maximum absolute atomic E-state index is 12.0. The lowest BCUT2D eigenvalue weighted by atomic mass is 10.1. The second kappa shape index (κ2) is 23.3. The third kappa shape index (κ3) is 18.3. The summed E-state index contributed by atoms with van der Waals surface area (Å²) in [5.41, 5.74) is -0.0108. The summed E-state index contributed by atoms with van der Waals surface area (Å²) in [6.07, 6.45) is 7.30. The summed E-state index contributed by atoms with van der Waals surface area (Å²) in [5.74, 6) is -0.963. The fourth-order valence-corrected chi connectivity index (χ4v) is 8.66. The Kier molecular flexibility index (Phi) is 21.6. The van der Waals surface area contributed by atoms with E-state index in [-0.39, 0.29) is 76.0 Å². The van der Waals surface area contributed by atoms with Gasteiger partial charge in [-0.25, -0.2) is 25.3 Å². The maximum Gasteiger partial charge on any atom is 0.235 e. The number of aromatic hydroxyl groups is 3. The number of rotatable bonds is 17. The molecular weight excluding hydrogens is 891 g/mol. The van der Waals surface area contributed by atoms with E-state index in [9.17, 15) is 40.6 Å². The Bertz CT molecular complexity index is 2020. The van der Waals surface area contributed by atoms with Crippen molar-refractivity contribution in [3.8, 4) is 17.2 Å². The molecule has 0 aliphatic carbocycles. The monoisotopic (exact) mass is 933 g/mol. The molecule has 12 nitrogen and oxygen atoms in total. The molecule has 3 rings (SSSR count). The second-order valence-corrected chi connectivity index (χ2v) is 20.5. The molecule has 3 aromatic rings. The van der Waals surface area contributed by atoms with Crippen molar-refractivity contribution in [1.29, 1.82) is 0 Å². The Labute approximate surface area is 348 Å². The van der Waals surface area contributed by atoms with E-state index in [4.69, 9.17) is 69.6 Å². The number of anilines is 3. The molecule has 0 saturated carbocycles. The fourth-order valence-electron chi connectivity index (χ4n) is 4.05. The summed E-state index contributed by atoms with van der Waals surface area (Å²) < 4.78 is 77.1. The van der Waals surface area contributed by atoms with E-state index < -0.39 is 35.3 Å². The van der Waals surface area contributed by atoms with Crippen LogP contribution in [0, 0.1) is 0 Å². The van der Waals surface area contributed by atoms with Crippen LogP contribution in [-0.4, -0.2) is 57.3 Å². The Balaban J connectivity index is 0.000000410. The van der Waals surface area contributed by atoms with Crippen LogP contribution in [0.25, 0.3) is 0 Å². The molecule has 0 spiro atoms. The summed E-state index contributed by atoms with van der Waals surface area (Å²) in [6, 6.07) is 7.95. The van der Waals surface area contributed by atoms with Gasteiger partial charge >= 0.3 is 0 Å². The van der Waals surface area contributed by atoms with E-state index in [2.05, 4.69) is 21.1 Å². The van der Waals surface area contributed by atoms with Crippen molar-refractivity contribution in [3.05, 3.63) is 66.5 Å². The van der Waals surface area contributed by atoms with Crippen molar-refractivity contribution in [2.75, 3.05) is 25.7 Å². The van der Waals surface area contributed by atoms with Gasteiger partial charge in [-0.3, -0.25) is 14.2 Å². The molecular formula is C33H45Cl6N3O9S3. The Morgan fingerprint density at radius 1 is 0.500 bits per heavy atom. The Hall–Kier alpha value is -1.95. The van der Waals surface area contributed by atoms with Crippen LogP contribution in [0.2, 0.25) is 30.1 Å². The average Bonchev–Trinajstić information content (AvgIpc) is 3.05. The first-order chi connectivity index (χ1) is 24.9. The van der Waals surface area contributed by atoms with Crippen LogP contribution in [0.5, 0.6) is 17.2 Å².